The predicted molar refractivity (Wildman–Crippen MR) is 70.4 cm³/mol. The number of hydrogen-bond donors (Lipinski definition) is 1. The fourth-order valence-electron chi connectivity index (χ4n) is 2.33. The summed E-state index contributed by atoms with van der Waals surface area (Å²) in [6.07, 6.45) is 3.67. The number of hydrogen-bond acceptors (Lipinski definition) is 4. The molecule has 0 spiro atoms. The molecule has 2 N–H and O–H groups in total. The Labute approximate surface area is 105 Å². The van der Waals surface area contributed by atoms with Gasteiger partial charge in [-0.2, -0.15) is 0 Å². The van der Waals surface area contributed by atoms with E-state index in [0.29, 0.717) is 18.7 Å². The summed E-state index contributed by atoms with van der Waals surface area (Å²) >= 11 is 3.36. The van der Waals surface area contributed by atoms with Gasteiger partial charge >= 0.3 is 0 Å². The van der Waals surface area contributed by atoms with Crippen molar-refractivity contribution in [1.82, 2.24) is 0 Å². The summed E-state index contributed by atoms with van der Waals surface area (Å²) in [5.41, 5.74) is 8.04. The maximum absolute atomic E-state index is 12.2. The summed E-state index contributed by atoms with van der Waals surface area (Å²) in [6, 6.07) is 0. The lowest BCUT2D eigenvalue weighted by Gasteiger charge is -2.29. The van der Waals surface area contributed by atoms with Gasteiger partial charge in [0.25, 0.3) is 0 Å². The Hall–Kier alpha value is -0.320. The lowest BCUT2D eigenvalue weighted by Crippen LogP contribution is -2.27. The van der Waals surface area contributed by atoms with Crippen LogP contribution < -0.4 is 5.73 Å². The van der Waals surface area contributed by atoms with E-state index in [1.807, 2.05) is 6.26 Å². The number of nitrogens with two attached hydrogens (primary N) is 1. The van der Waals surface area contributed by atoms with Gasteiger partial charge in [0, 0.05) is 23.4 Å². The largest absolute Gasteiger partial charge is 0.326 e. The molecule has 0 fully saturated rings. The standard InChI is InChI=1S/C12H17NOS2/c1-12(2)4-7-9(6-13)16-11(15-3)10(7)8(14)5-12/h4-6,13H2,1-3H3. The molecule has 1 aromatic heterocycles. The monoisotopic (exact) mass is 255 g/mol. The molecule has 16 heavy (non-hydrogen) atoms. The molecule has 1 aliphatic carbocycles. The van der Waals surface area contributed by atoms with Crippen molar-refractivity contribution in [2.45, 2.75) is 37.4 Å². The van der Waals surface area contributed by atoms with Crippen LogP contribution in [0.15, 0.2) is 4.21 Å². The van der Waals surface area contributed by atoms with Crippen LogP contribution in [0.2, 0.25) is 0 Å². The third-order valence-electron chi connectivity index (χ3n) is 3.00. The van der Waals surface area contributed by atoms with Crippen molar-refractivity contribution >= 4 is 28.9 Å². The van der Waals surface area contributed by atoms with Gasteiger partial charge in [0.05, 0.1) is 4.21 Å². The molecule has 0 unspecified atom stereocenters. The highest BCUT2D eigenvalue weighted by atomic mass is 32.2. The summed E-state index contributed by atoms with van der Waals surface area (Å²) in [7, 11) is 0. The van der Waals surface area contributed by atoms with Gasteiger partial charge in [0.15, 0.2) is 5.78 Å². The first-order chi connectivity index (χ1) is 7.48. The molecule has 88 valence electrons. The van der Waals surface area contributed by atoms with Crippen molar-refractivity contribution in [1.29, 1.82) is 0 Å². The van der Waals surface area contributed by atoms with E-state index in [-0.39, 0.29) is 5.41 Å². The van der Waals surface area contributed by atoms with Crippen LogP contribution in [-0.2, 0) is 13.0 Å². The third-order valence-corrected chi connectivity index (χ3v) is 5.38. The van der Waals surface area contributed by atoms with Crippen molar-refractivity contribution in [3.05, 3.63) is 16.0 Å². The fourth-order valence-corrected chi connectivity index (χ4v) is 4.35. The number of ketones is 1. The number of thiophene rings is 1. The summed E-state index contributed by atoms with van der Waals surface area (Å²) in [5.74, 6) is 0.298. The topological polar surface area (TPSA) is 43.1 Å². The quantitative estimate of drug-likeness (QED) is 0.826. The minimum atomic E-state index is 0.0881. The average molecular weight is 255 g/mol. The number of thioether (sulfide) groups is 1. The van der Waals surface area contributed by atoms with Crippen LogP contribution in [0.4, 0.5) is 0 Å². The highest BCUT2D eigenvalue weighted by Gasteiger charge is 2.35. The molecule has 2 rings (SSSR count). The second-order valence-corrected chi connectivity index (χ2v) is 7.20. The van der Waals surface area contributed by atoms with Crippen molar-refractivity contribution in [3.8, 4) is 0 Å². The van der Waals surface area contributed by atoms with Crippen LogP contribution in [0.1, 0.15) is 41.1 Å². The minimum absolute atomic E-state index is 0.0881. The Bertz CT molecular complexity index is 434. The Morgan fingerprint density at radius 2 is 2.12 bits per heavy atom. The zero-order valence-corrected chi connectivity index (χ0v) is 11.6. The van der Waals surface area contributed by atoms with E-state index in [1.54, 1.807) is 23.1 Å². The molecule has 0 bridgehead atoms. The number of Topliss-reactive ketones (excluding diaryl/α,β-unsaturated/α-hetero) is 1. The molecule has 1 heterocycles. The van der Waals surface area contributed by atoms with Crippen LogP contribution in [0.25, 0.3) is 0 Å². The molecule has 0 aliphatic heterocycles. The van der Waals surface area contributed by atoms with Crippen molar-refractivity contribution in [3.63, 3.8) is 0 Å². The average Bonchev–Trinajstić information content (AvgIpc) is 2.54. The van der Waals surface area contributed by atoms with E-state index in [0.717, 1.165) is 16.2 Å². The molecule has 0 aromatic carbocycles. The van der Waals surface area contributed by atoms with Gasteiger partial charge in [-0.15, -0.1) is 23.1 Å². The Morgan fingerprint density at radius 1 is 1.44 bits per heavy atom. The van der Waals surface area contributed by atoms with E-state index in [2.05, 4.69) is 13.8 Å². The number of rotatable bonds is 2. The third kappa shape index (κ3) is 1.94. The molecule has 0 amide bonds. The molecule has 0 atom stereocenters. The molecule has 0 saturated carbocycles. The maximum atomic E-state index is 12.2. The SMILES string of the molecule is CSc1sc(CN)c2c1C(=O)CC(C)(C)C2. The molecular weight excluding hydrogens is 238 g/mol. The van der Waals surface area contributed by atoms with Gasteiger partial charge in [0.1, 0.15) is 0 Å². The highest BCUT2D eigenvalue weighted by molar-refractivity contribution is 8.00. The first kappa shape index (κ1) is 12.1. The van der Waals surface area contributed by atoms with Gasteiger partial charge in [-0.25, -0.2) is 0 Å². The van der Waals surface area contributed by atoms with Gasteiger partial charge in [-0.1, -0.05) is 13.8 Å². The van der Waals surface area contributed by atoms with Gasteiger partial charge < -0.3 is 5.73 Å². The smallest absolute Gasteiger partial charge is 0.165 e. The van der Waals surface area contributed by atoms with Crippen molar-refractivity contribution < 1.29 is 4.79 Å². The zero-order valence-electron chi connectivity index (χ0n) is 9.92. The highest BCUT2D eigenvalue weighted by Crippen LogP contribution is 2.44. The Kier molecular flexibility index (Phi) is 3.16. The second-order valence-electron chi connectivity index (χ2n) is 5.02. The van der Waals surface area contributed by atoms with Crippen LogP contribution in [0.3, 0.4) is 0 Å². The van der Waals surface area contributed by atoms with E-state index >= 15 is 0 Å². The maximum Gasteiger partial charge on any atom is 0.165 e. The normalized spacial score (nSPS) is 18.6. The summed E-state index contributed by atoms with van der Waals surface area (Å²) in [5, 5.41) is 0. The lowest BCUT2D eigenvalue weighted by atomic mass is 9.74. The summed E-state index contributed by atoms with van der Waals surface area (Å²) in [4.78, 5) is 13.4. The number of carbonyl (C=O) groups is 1. The summed E-state index contributed by atoms with van der Waals surface area (Å²) in [6.45, 7) is 4.87. The van der Waals surface area contributed by atoms with Crippen LogP contribution in [0.5, 0.6) is 0 Å². The Balaban J connectivity index is 2.56. The Morgan fingerprint density at radius 3 is 2.69 bits per heavy atom. The number of carbonyl (C=O) groups excluding carboxylic acids is 1. The zero-order chi connectivity index (χ0) is 11.9. The lowest BCUT2D eigenvalue weighted by molar-refractivity contribution is 0.0910. The molecule has 1 aliphatic rings. The van der Waals surface area contributed by atoms with Gasteiger partial charge in [-0.3, -0.25) is 4.79 Å². The second kappa shape index (κ2) is 4.17. The van der Waals surface area contributed by atoms with Crippen LogP contribution in [0, 0.1) is 5.41 Å². The molecule has 2 nitrogen and oxygen atoms in total. The van der Waals surface area contributed by atoms with E-state index < -0.39 is 0 Å². The molecule has 1 aromatic rings. The summed E-state index contributed by atoms with van der Waals surface area (Å²) < 4.78 is 1.15. The van der Waals surface area contributed by atoms with Crippen LogP contribution >= 0.6 is 23.1 Å². The van der Waals surface area contributed by atoms with Crippen LogP contribution in [-0.4, -0.2) is 12.0 Å². The first-order valence-corrected chi connectivity index (χ1v) is 7.44. The van der Waals surface area contributed by atoms with Crippen molar-refractivity contribution in [2.24, 2.45) is 11.1 Å². The van der Waals surface area contributed by atoms with Gasteiger partial charge in [0.2, 0.25) is 0 Å². The van der Waals surface area contributed by atoms with E-state index in [1.165, 1.54) is 10.4 Å². The van der Waals surface area contributed by atoms with Crippen molar-refractivity contribution in [2.75, 3.05) is 6.26 Å². The molecule has 4 heteroatoms. The first-order valence-electron chi connectivity index (χ1n) is 5.40. The van der Waals surface area contributed by atoms with E-state index in [9.17, 15) is 4.79 Å². The predicted octanol–water partition coefficient (Wildman–Crippen LogP) is 3.08. The molecular formula is C12H17NOS2. The molecule has 0 saturated heterocycles. The molecule has 0 radical (unpaired) electrons. The minimum Gasteiger partial charge on any atom is -0.326 e. The van der Waals surface area contributed by atoms with E-state index in [4.69, 9.17) is 5.73 Å². The number of fused-ring (bicyclic) bond motifs is 1. The van der Waals surface area contributed by atoms with Gasteiger partial charge in [-0.05, 0) is 23.7 Å². The fraction of sp³-hybridized carbons (Fsp3) is 0.583.